The zero-order valence-electron chi connectivity index (χ0n) is 14.4. The Morgan fingerprint density at radius 3 is 2.29 bits per heavy atom. The summed E-state index contributed by atoms with van der Waals surface area (Å²) in [6.07, 6.45) is 1.69. The van der Waals surface area contributed by atoms with E-state index >= 15 is 0 Å². The molecule has 0 aliphatic rings. The van der Waals surface area contributed by atoms with Crippen molar-refractivity contribution in [3.8, 4) is 17.2 Å². The Kier molecular flexibility index (Phi) is 7.76. The first-order valence-corrected chi connectivity index (χ1v) is 8.97. The van der Waals surface area contributed by atoms with Gasteiger partial charge >= 0.3 is 0 Å². The van der Waals surface area contributed by atoms with E-state index in [9.17, 15) is 0 Å². The van der Waals surface area contributed by atoms with Crippen molar-refractivity contribution in [2.24, 2.45) is 0 Å². The molecule has 0 radical (unpaired) electrons. The lowest BCUT2D eigenvalue weighted by Crippen LogP contribution is -2.04. The lowest BCUT2D eigenvalue weighted by molar-refractivity contribution is 0.263. The largest absolute Gasteiger partial charge is 0.493 e. The summed E-state index contributed by atoms with van der Waals surface area (Å²) >= 11 is 5.73. The molecule has 2 rings (SSSR count). The van der Waals surface area contributed by atoms with Crippen LogP contribution in [0.15, 0.2) is 42.5 Å². The van der Waals surface area contributed by atoms with Gasteiger partial charge in [0.1, 0.15) is 12.4 Å². The highest BCUT2D eigenvalue weighted by atomic mass is 35.5. The van der Waals surface area contributed by atoms with Gasteiger partial charge in [0, 0.05) is 11.9 Å². The molecule has 0 amide bonds. The number of ether oxygens (including phenoxy) is 3. The molecule has 24 heavy (non-hydrogen) atoms. The molecule has 2 aromatic rings. The van der Waals surface area contributed by atoms with Crippen LogP contribution >= 0.6 is 11.6 Å². The maximum absolute atomic E-state index is 5.99. The van der Waals surface area contributed by atoms with Crippen molar-refractivity contribution < 1.29 is 14.2 Å². The van der Waals surface area contributed by atoms with Gasteiger partial charge in [-0.05, 0) is 37.0 Å². The van der Waals surface area contributed by atoms with Crippen LogP contribution in [0.2, 0.25) is 0 Å². The van der Waals surface area contributed by atoms with Crippen LogP contribution in [0.25, 0.3) is 0 Å². The first-order chi connectivity index (χ1) is 11.8. The fraction of sp³-hybridized carbons (Fsp3) is 0.400. The summed E-state index contributed by atoms with van der Waals surface area (Å²) in [7, 11) is 0. The maximum Gasteiger partial charge on any atom is 0.165 e. The quantitative estimate of drug-likeness (QED) is 0.434. The number of rotatable bonds is 10. The summed E-state index contributed by atoms with van der Waals surface area (Å²) in [4.78, 5) is 0. The second kappa shape index (κ2) is 10.1. The van der Waals surface area contributed by atoms with Crippen molar-refractivity contribution in [1.82, 2.24) is 0 Å². The van der Waals surface area contributed by atoms with E-state index in [0.29, 0.717) is 31.5 Å². The third kappa shape index (κ3) is 5.34. The fourth-order valence-corrected chi connectivity index (χ4v) is 2.46. The number of halogens is 1. The third-order valence-electron chi connectivity index (χ3n) is 3.58. The van der Waals surface area contributed by atoms with Gasteiger partial charge in [-0.2, -0.15) is 0 Å². The molecule has 2 aromatic carbocycles. The number of aryl methyl sites for hydroxylation is 1. The Hall–Kier alpha value is -1.87. The molecule has 0 saturated heterocycles. The molecule has 0 spiro atoms. The molecule has 0 aliphatic heterocycles. The van der Waals surface area contributed by atoms with Crippen LogP contribution in [0.1, 0.15) is 31.4 Å². The average molecular weight is 349 g/mol. The lowest BCUT2D eigenvalue weighted by atomic mass is 10.1. The van der Waals surface area contributed by atoms with E-state index in [-0.39, 0.29) is 0 Å². The normalized spacial score (nSPS) is 10.5. The summed E-state index contributed by atoms with van der Waals surface area (Å²) in [6, 6.07) is 14.0. The highest BCUT2D eigenvalue weighted by Gasteiger charge is 2.13. The topological polar surface area (TPSA) is 27.7 Å². The minimum absolute atomic E-state index is 0.494. The molecule has 0 unspecified atom stereocenters. The number of benzene rings is 2. The van der Waals surface area contributed by atoms with E-state index < -0.39 is 0 Å². The highest BCUT2D eigenvalue weighted by Crippen LogP contribution is 2.36. The molecule has 0 aliphatic carbocycles. The molecule has 4 heteroatoms. The molecular formula is C20H25ClO3. The zero-order valence-corrected chi connectivity index (χ0v) is 15.1. The van der Waals surface area contributed by atoms with Crippen LogP contribution in [0.5, 0.6) is 17.2 Å². The molecule has 0 atom stereocenters. The molecule has 3 nitrogen and oxygen atoms in total. The van der Waals surface area contributed by atoms with Gasteiger partial charge in [0.25, 0.3) is 0 Å². The number of hydrogen-bond donors (Lipinski definition) is 0. The Bertz CT molecular complexity index is 614. The number of hydrogen-bond acceptors (Lipinski definition) is 3. The summed E-state index contributed by atoms with van der Waals surface area (Å²) < 4.78 is 17.6. The minimum Gasteiger partial charge on any atom is -0.493 e. The van der Waals surface area contributed by atoms with Crippen LogP contribution in [-0.2, 0) is 13.0 Å². The van der Waals surface area contributed by atoms with Crippen molar-refractivity contribution >= 4 is 11.6 Å². The van der Waals surface area contributed by atoms with Crippen LogP contribution in [0.3, 0.4) is 0 Å². The Labute approximate surface area is 149 Å². The van der Waals surface area contributed by atoms with Gasteiger partial charge in [0.05, 0.1) is 13.2 Å². The minimum atomic E-state index is 0.494. The van der Waals surface area contributed by atoms with Gasteiger partial charge < -0.3 is 14.2 Å². The van der Waals surface area contributed by atoms with Gasteiger partial charge in [-0.15, -0.1) is 11.6 Å². The second-order valence-corrected chi connectivity index (χ2v) is 5.74. The molecule has 0 N–H and O–H groups in total. The predicted molar refractivity (Wildman–Crippen MR) is 98.6 cm³/mol. The number of alkyl halides is 1. The zero-order chi connectivity index (χ0) is 17.2. The SMILES string of the molecule is CCOc1cc(CC)c(OCCCCl)cc1OCc1ccccc1. The van der Waals surface area contributed by atoms with E-state index in [0.717, 1.165) is 35.5 Å². The summed E-state index contributed by atoms with van der Waals surface area (Å²) in [5.41, 5.74) is 2.23. The second-order valence-electron chi connectivity index (χ2n) is 5.36. The monoisotopic (exact) mass is 348 g/mol. The molecule has 0 bridgehead atoms. The average Bonchev–Trinajstić information content (AvgIpc) is 2.62. The van der Waals surface area contributed by atoms with Crippen molar-refractivity contribution in [1.29, 1.82) is 0 Å². The van der Waals surface area contributed by atoms with E-state index in [1.54, 1.807) is 0 Å². The first-order valence-electron chi connectivity index (χ1n) is 8.43. The third-order valence-corrected chi connectivity index (χ3v) is 3.85. The standard InChI is InChI=1S/C20H25ClO3/c1-3-17-13-19(22-4-2)20(14-18(17)23-12-8-11-21)24-15-16-9-6-5-7-10-16/h5-7,9-10,13-14H,3-4,8,11-12,15H2,1-2H3. The van der Waals surface area contributed by atoms with Crippen molar-refractivity contribution in [3.05, 3.63) is 53.6 Å². The highest BCUT2D eigenvalue weighted by molar-refractivity contribution is 6.17. The first kappa shape index (κ1) is 18.5. The molecule has 130 valence electrons. The van der Waals surface area contributed by atoms with Crippen LogP contribution in [0.4, 0.5) is 0 Å². The Morgan fingerprint density at radius 2 is 1.62 bits per heavy atom. The van der Waals surface area contributed by atoms with E-state index in [4.69, 9.17) is 25.8 Å². The van der Waals surface area contributed by atoms with Crippen molar-refractivity contribution in [3.63, 3.8) is 0 Å². The maximum atomic E-state index is 5.99. The molecule has 0 heterocycles. The van der Waals surface area contributed by atoms with E-state index in [1.807, 2.05) is 49.4 Å². The van der Waals surface area contributed by atoms with Gasteiger partial charge in [-0.3, -0.25) is 0 Å². The van der Waals surface area contributed by atoms with E-state index in [2.05, 4.69) is 6.92 Å². The van der Waals surface area contributed by atoms with E-state index in [1.165, 1.54) is 0 Å². The summed E-state index contributed by atoms with van der Waals surface area (Å²) in [5, 5.41) is 0. The van der Waals surface area contributed by atoms with Gasteiger partial charge in [-0.1, -0.05) is 37.3 Å². The lowest BCUT2D eigenvalue weighted by Gasteiger charge is -2.17. The Balaban J connectivity index is 2.19. The van der Waals surface area contributed by atoms with Gasteiger partial charge in [0.2, 0.25) is 0 Å². The van der Waals surface area contributed by atoms with Crippen molar-refractivity contribution in [2.45, 2.75) is 33.3 Å². The van der Waals surface area contributed by atoms with Crippen LogP contribution < -0.4 is 14.2 Å². The van der Waals surface area contributed by atoms with Crippen molar-refractivity contribution in [2.75, 3.05) is 19.1 Å². The van der Waals surface area contributed by atoms with Crippen LogP contribution in [0, 0.1) is 0 Å². The Morgan fingerprint density at radius 1 is 0.875 bits per heavy atom. The van der Waals surface area contributed by atoms with Gasteiger partial charge in [-0.25, -0.2) is 0 Å². The van der Waals surface area contributed by atoms with Gasteiger partial charge in [0.15, 0.2) is 11.5 Å². The summed E-state index contributed by atoms with van der Waals surface area (Å²) in [5.74, 6) is 2.90. The molecular weight excluding hydrogens is 324 g/mol. The van der Waals surface area contributed by atoms with Crippen LogP contribution in [-0.4, -0.2) is 19.1 Å². The molecule has 0 aromatic heterocycles. The molecule has 0 saturated carbocycles. The predicted octanol–water partition coefficient (Wildman–Crippen LogP) is 5.23. The summed E-state index contributed by atoms with van der Waals surface area (Å²) in [6.45, 7) is 5.76. The smallest absolute Gasteiger partial charge is 0.165 e. The molecule has 0 fully saturated rings. The fourth-order valence-electron chi connectivity index (χ4n) is 2.35.